The predicted octanol–water partition coefficient (Wildman–Crippen LogP) is 6.43. The lowest BCUT2D eigenvalue weighted by Gasteiger charge is -2.24. The first-order valence-electron chi connectivity index (χ1n) is 9.99. The highest BCUT2D eigenvalue weighted by molar-refractivity contribution is 7.34. The van der Waals surface area contributed by atoms with Gasteiger partial charge in [-0.3, -0.25) is 4.52 Å². The number of carboxylic acid groups (broad SMARTS) is 1. The van der Waals surface area contributed by atoms with Gasteiger partial charge in [-0.2, -0.15) is 0 Å². The minimum Gasteiger partial charge on any atom is -0.575 e. The van der Waals surface area contributed by atoms with Gasteiger partial charge in [0.15, 0.2) is 6.04 Å². The molecule has 0 aliphatic heterocycles. The van der Waals surface area contributed by atoms with Gasteiger partial charge in [-0.1, -0.05) is 83.9 Å². The highest BCUT2D eigenvalue weighted by Crippen LogP contribution is 2.45. The minimum absolute atomic E-state index is 0.0980. The number of benzene rings is 2. The molecule has 5 nitrogen and oxygen atoms in total. The van der Waals surface area contributed by atoms with E-state index < -0.39 is 20.2 Å². The Bertz CT molecular complexity index is 987. The molecule has 0 aromatic heterocycles. The van der Waals surface area contributed by atoms with Crippen LogP contribution >= 0.6 is 19.8 Å². The summed E-state index contributed by atoms with van der Waals surface area (Å²) >= 11 is 6.73. The Hall–Kier alpha value is -1.68. The monoisotopic (exact) mass is 451 g/mol. The third-order valence-electron chi connectivity index (χ3n) is 4.98. The van der Waals surface area contributed by atoms with Crippen molar-refractivity contribution in [2.75, 3.05) is 0 Å². The highest BCUT2D eigenvalue weighted by atomic mass is 35.5. The van der Waals surface area contributed by atoms with Crippen molar-refractivity contribution in [3.05, 3.63) is 40.4 Å². The van der Waals surface area contributed by atoms with Gasteiger partial charge in [0.25, 0.3) is 0 Å². The molecule has 0 heterocycles. The highest BCUT2D eigenvalue weighted by Gasteiger charge is 2.28. The first-order valence-corrected chi connectivity index (χ1v) is 11.5. The van der Waals surface area contributed by atoms with E-state index in [1.807, 2.05) is 39.0 Å². The molecule has 2 rings (SSSR count). The van der Waals surface area contributed by atoms with Gasteiger partial charge in [-0.25, -0.2) is 4.79 Å². The van der Waals surface area contributed by atoms with E-state index in [1.54, 1.807) is 13.8 Å². The Labute approximate surface area is 185 Å². The zero-order valence-electron chi connectivity index (χ0n) is 18.9. The molecule has 0 amide bonds. The third kappa shape index (κ3) is 5.51. The normalized spacial score (nSPS) is 14.3. The van der Waals surface area contributed by atoms with Crippen LogP contribution in [0.4, 0.5) is 0 Å². The molecule has 0 spiro atoms. The molecule has 0 saturated heterocycles. The molecule has 0 fully saturated rings. The maximum atomic E-state index is 12.7. The number of hydrogen-bond acceptors (Lipinski definition) is 4. The number of fused-ring (bicyclic) bond motifs is 1. The van der Waals surface area contributed by atoms with Crippen LogP contribution < -0.4 is 9.42 Å². The maximum Gasteiger partial charge on any atom is 0.395 e. The summed E-state index contributed by atoms with van der Waals surface area (Å²) in [7, 11) is -2.63. The summed E-state index contributed by atoms with van der Waals surface area (Å²) in [6, 6.07) is 6.97. The van der Waals surface area contributed by atoms with Crippen LogP contribution in [0.15, 0.2) is 29.0 Å². The van der Waals surface area contributed by atoms with Gasteiger partial charge < -0.3 is 10.00 Å². The molecule has 2 aromatic carbocycles. The Balaban J connectivity index is 2.73. The van der Waals surface area contributed by atoms with Crippen LogP contribution in [-0.2, 0) is 15.6 Å². The van der Waals surface area contributed by atoms with Crippen molar-refractivity contribution in [2.24, 2.45) is 10.7 Å². The summed E-state index contributed by atoms with van der Waals surface area (Å²) in [6.07, 6.45) is 0. The fraction of sp³-hybridized carbons (Fsp3) is 0.522. The second-order valence-corrected chi connectivity index (χ2v) is 11.2. The quantitative estimate of drug-likeness (QED) is 0.531. The Morgan fingerprint density at radius 2 is 1.73 bits per heavy atom. The van der Waals surface area contributed by atoms with Crippen molar-refractivity contribution in [3.63, 3.8) is 0 Å². The van der Waals surface area contributed by atoms with E-state index in [1.165, 1.54) is 0 Å². The molecular formula is C23H31ClNO4P. The molecule has 0 saturated carbocycles. The number of carbonyl (C=O) groups is 1. The molecule has 2 aromatic rings. The molecular weight excluding hydrogens is 421 g/mol. The second kappa shape index (κ2) is 8.82. The second-order valence-electron chi connectivity index (χ2n) is 9.97. The van der Waals surface area contributed by atoms with Crippen LogP contribution in [0.5, 0.6) is 5.75 Å². The molecule has 0 aliphatic rings. The zero-order valence-corrected chi connectivity index (χ0v) is 20.6. The van der Waals surface area contributed by atoms with E-state index >= 15 is 0 Å². The van der Waals surface area contributed by atoms with Crippen molar-refractivity contribution in [2.45, 2.75) is 72.3 Å². The summed E-state index contributed by atoms with van der Waals surface area (Å²) < 4.78 is 9.65. The fourth-order valence-electron chi connectivity index (χ4n) is 3.11. The van der Waals surface area contributed by atoms with E-state index in [2.05, 4.69) is 31.6 Å². The van der Waals surface area contributed by atoms with Crippen LogP contribution in [0.25, 0.3) is 10.8 Å². The van der Waals surface area contributed by atoms with Crippen LogP contribution in [0.2, 0.25) is 5.02 Å². The van der Waals surface area contributed by atoms with Crippen LogP contribution in [0.3, 0.4) is 0 Å². The number of nitrogens with zero attached hydrogens (tertiary/aromatic N) is 1. The summed E-state index contributed by atoms with van der Waals surface area (Å²) in [5.74, 6) is -1.17. The smallest absolute Gasteiger partial charge is 0.395 e. The molecule has 164 valence electrons. The number of halogens is 1. The molecule has 0 radical (unpaired) electrons. The molecule has 0 aliphatic carbocycles. The first kappa shape index (κ1) is 24.6. The van der Waals surface area contributed by atoms with Gasteiger partial charge in [0.1, 0.15) is 0 Å². The van der Waals surface area contributed by atoms with Gasteiger partial charge in [0.2, 0.25) is 5.75 Å². The number of rotatable bonds is 5. The van der Waals surface area contributed by atoms with E-state index in [0.717, 1.165) is 21.9 Å². The zero-order chi connectivity index (χ0) is 23.0. The number of aliphatic carboxylic acids is 1. The van der Waals surface area contributed by atoms with Crippen LogP contribution in [0.1, 0.15) is 66.5 Å². The molecule has 30 heavy (non-hydrogen) atoms. The summed E-state index contributed by atoms with van der Waals surface area (Å²) in [5, 5.41) is 11.4. The van der Waals surface area contributed by atoms with Crippen LogP contribution in [-0.4, -0.2) is 17.1 Å². The standard InChI is InChI=1S/C23H31ClNO4P/c1-13(2)19(21(26)27)25-30(28)29-20-16-12-15(22(3,4)5)10-9-14(16)11-17(18(20)24)23(6,7)8/h9-13,19H,1-8H3,(H,26,27). The van der Waals surface area contributed by atoms with E-state index in [-0.39, 0.29) is 22.5 Å². The average molecular weight is 452 g/mol. The Kier molecular flexibility index (Phi) is 7.23. The summed E-state index contributed by atoms with van der Waals surface area (Å²) in [6.45, 7) is 15.9. The number of carboxylic acids is 1. The first-order chi connectivity index (χ1) is 13.6. The topological polar surface area (TPSA) is 82.0 Å². The third-order valence-corrected chi connectivity index (χ3v) is 6.13. The fourth-order valence-corrected chi connectivity index (χ4v) is 4.60. The van der Waals surface area contributed by atoms with E-state index in [4.69, 9.17) is 16.1 Å². The van der Waals surface area contributed by atoms with Gasteiger partial charge in [0.05, 0.1) is 5.02 Å². The van der Waals surface area contributed by atoms with Crippen molar-refractivity contribution in [1.29, 1.82) is 0 Å². The molecule has 2 atom stereocenters. The lowest BCUT2D eigenvalue weighted by Crippen LogP contribution is -2.24. The summed E-state index contributed by atoms with van der Waals surface area (Å²) in [5.41, 5.74) is 1.57. The van der Waals surface area contributed by atoms with Crippen molar-refractivity contribution in [3.8, 4) is 5.75 Å². The van der Waals surface area contributed by atoms with Crippen LogP contribution in [0, 0.1) is 5.92 Å². The largest absolute Gasteiger partial charge is 0.575 e. The van der Waals surface area contributed by atoms with Crippen molar-refractivity contribution < 1.29 is 19.3 Å². The Morgan fingerprint density at radius 1 is 1.13 bits per heavy atom. The lowest BCUT2D eigenvalue weighted by atomic mass is 9.83. The van der Waals surface area contributed by atoms with Gasteiger partial charge in [-0.05, 0) is 45.4 Å². The molecule has 0 bridgehead atoms. The summed E-state index contributed by atoms with van der Waals surface area (Å²) in [4.78, 5) is 24.2. The Morgan fingerprint density at radius 3 is 2.20 bits per heavy atom. The number of hydrogen-bond donors (Lipinski definition) is 1. The van der Waals surface area contributed by atoms with Gasteiger partial charge >= 0.3 is 14.1 Å². The molecule has 2 unspecified atom stereocenters. The van der Waals surface area contributed by atoms with E-state index in [9.17, 15) is 14.8 Å². The predicted molar refractivity (Wildman–Crippen MR) is 123 cm³/mol. The molecule has 1 N–H and O–H groups in total. The SMILES string of the molecule is CC(C)C(/N=[P+](\[O-])Oc1c(Cl)c(C(C)(C)C)cc2ccc(C(C)(C)C)cc12)C(=O)O. The minimum atomic E-state index is -2.63. The van der Waals surface area contributed by atoms with Gasteiger partial charge in [0, 0.05) is 5.39 Å². The maximum absolute atomic E-state index is 12.7. The van der Waals surface area contributed by atoms with Gasteiger partial charge in [-0.15, -0.1) is 0 Å². The average Bonchev–Trinajstić information content (AvgIpc) is 2.59. The molecule has 7 heteroatoms. The van der Waals surface area contributed by atoms with Crippen molar-refractivity contribution in [1.82, 2.24) is 0 Å². The van der Waals surface area contributed by atoms with E-state index in [0.29, 0.717) is 5.02 Å². The lowest BCUT2D eigenvalue weighted by molar-refractivity contribution is -0.169. The van der Waals surface area contributed by atoms with Crippen molar-refractivity contribution >= 4 is 36.5 Å².